The van der Waals surface area contributed by atoms with Crippen molar-refractivity contribution < 1.29 is 24.2 Å². The summed E-state index contributed by atoms with van der Waals surface area (Å²) in [4.78, 5) is 48.4. The SMILES string of the molecule is O=C(c1ccccc1)c1ccccc1NC(Cc1ccc(OCCCN(Cc2ccccc2)C(=O)c2cnccn2)cc1)C(=O)O. The van der Waals surface area contributed by atoms with Crippen LogP contribution in [0, 0.1) is 0 Å². The molecule has 2 N–H and O–H groups in total. The fourth-order valence-electron chi connectivity index (χ4n) is 4.97. The van der Waals surface area contributed by atoms with E-state index in [-0.39, 0.29) is 23.8 Å². The number of aliphatic carboxylic acids is 1. The minimum Gasteiger partial charge on any atom is -0.494 e. The van der Waals surface area contributed by atoms with Gasteiger partial charge in [0.15, 0.2) is 5.78 Å². The van der Waals surface area contributed by atoms with Crippen molar-refractivity contribution in [3.05, 3.63) is 156 Å². The quantitative estimate of drug-likeness (QED) is 0.110. The van der Waals surface area contributed by atoms with Crippen LogP contribution in [0.25, 0.3) is 0 Å². The summed E-state index contributed by atoms with van der Waals surface area (Å²) >= 11 is 0. The number of ether oxygens (including phenoxy) is 1. The maximum Gasteiger partial charge on any atom is 0.326 e. The predicted molar refractivity (Wildman–Crippen MR) is 175 cm³/mol. The zero-order chi connectivity index (χ0) is 32.1. The highest BCUT2D eigenvalue weighted by Gasteiger charge is 2.22. The van der Waals surface area contributed by atoms with E-state index < -0.39 is 12.0 Å². The first-order valence-electron chi connectivity index (χ1n) is 15.0. The van der Waals surface area contributed by atoms with Crippen molar-refractivity contribution in [2.24, 2.45) is 0 Å². The lowest BCUT2D eigenvalue weighted by atomic mass is 10.00. The summed E-state index contributed by atoms with van der Waals surface area (Å²) in [5.41, 5.74) is 3.49. The van der Waals surface area contributed by atoms with Gasteiger partial charge in [-0.05, 0) is 41.8 Å². The van der Waals surface area contributed by atoms with Gasteiger partial charge < -0.3 is 20.1 Å². The van der Waals surface area contributed by atoms with Gasteiger partial charge in [0, 0.05) is 48.7 Å². The Balaban J connectivity index is 1.17. The number of nitrogens with one attached hydrogen (secondary N) is 1. The van der Waals surface area contributed by atoms with Gasteiger partial charge in [0.1, 0.15) is 17.5 Å². The highest BCUT2D eigenvalue weighted by molar-refractivity contribution is 6.12. The lowest BCUT2D eigenvalue weighted by Gasteiger charge is -2.22. The lowest BCUT2D eigenvalue weighted by molar-refractivity contribution is -0.137. The average molecular weight is 615 g/mol. The summed E-state index contributed by atoms with van der Waals surface area (Å²) in [5, 5.41) is 13.0. The molecule has 4 aromatic carbocycles. The number of hydrogen-bond acceptors (Lipinski definition) is 7. The third kappa shape index (κ3) is 8.63. The summed E-state index contributed by atoms with van der Waals surface area (Å²) in [5.74, 6) is -0.777. The third-order valence-corrected chi connectivity index (χ3v) is 7.33. The Morgan fingerprint density at radius 2 is 1.50 bits per heavy atom. The van der Waals surface area contributed by atoms with Crippen molar-refractivity contribution >= 4 is 23.3 Å². The van der Waals surface area contributed by atoms with Crippen LogP contribution in [-0.2, 0) is 17.8 Å². The van der Waals surface area contributed by atoms with Crippen LogP contribution in [0.5, 0.6) is 5.75 Å². The highest BCUT2D eigenvalue weighted by atomic mass is 16.5. The Kier molecular flexibility index (Phi) is 10.8. The van der Waals surface area contributed by atoms with Gasteiger partial charge in [-0.15, -0.1) is 0 Å². The summed E-state index contributed by atoms with van der Waals surface area (Å²) < 4.78 is 5.94. The van der Waals surface area contributed by atoms with E-state index in [0.717, 1.165) is 11.1 Å². The number of anilines is 1. The number of hydrogen-bond donors (Lipinski definition) is 2. The normalized spacial score (nSPS) is 11.3. The highest BCUT2D eigenvalue weighted by Crippen LogP contribution is 2.22. The molecule has 9 heteroatoms. The first-order chi connectivity index (χ1) is 22.5. The number of nitrogens with zero attached hydrogens (tertiary/aromatic N) is 3. The van der Waals surface area contributed by atoms with Crippen molar-refractivity contribution in [3.8, 4) is 5.75 Å². The number of amides is 1. The number of carbonyl (C=O) groups is 3. The molecule has 0 aliphatic carbocycles. The number of ketones is 1. The second-order valence-corrected chi connectivity index (χ2v) is 10.6. The van der Waals surface area contributed by atoms with Gasteiger partial charge >= 0.3 is 5.97 Å². The molecule has 5 aromatic rings. The van der Waals surface area contributed by atoms with Crippen LogP contribution in [0.2, 0.25) is 0 Å². The van der Waals surface area contributed by atoms with Gasteiger partial charge in [-0.1, -0.05) is 84.9 Å². The van der Waals surface area contributed by atoms with Crippen LogP contribution in [0.4, 0.5) is 5.69 Å². The Labute approximate surface area is 267 Å². The van der Waals surface area contributed by atoms with Crippen LogP contribution >= 0.6 is 0 Å². The van der Waals surface area contributed by atoms with Crippen LogP contribution in [0.3, 0.4) is 0 Å². The summed E-state index contributed by atoms with van der Waals surface area (Å²) in [6, 6.07) is 31.9. The molecule has 0 spiro atoms. The van der Waals surface area contributed by atoms with E-state index in [9.17, 15) is 19.5 Å². The van der Waals surface area contributed by atoms with Gasteiger partial charge in [-0.2, -0.15) is 0 Å². The number of carboxylic acid groups (broad SMARTS) is 1. The second kappa shape index (κ2) is 15.8. The predicted octanol–water partition coefficient (Wildman–Crippen LogP) is 5.93. The smallest absolute Gasteiger partial charge is 0.326 e. The lowest BCUT2D eigenvalue weighted by Crippen LogP contribution is -2.33. The molecule has 1 unspecified atom stereocenters. The van der Waals surface area contributed by atoms with Crippen molar-refractivity contribution in [3.63, 3.8) is 0 Å². The van der Waals surface area contributed by atoms with E-state index in [2.05, 4.69) is 15.3 Å². The number of para-hydroxylation sites is 1. The van der Waals surface area contributed by atoms with Crippen molar-refractivity contribution in [2.75, 3.05) is 18.5 Å². The Morgan fingerprint density at radius 1 is 0.804 bits per heavy atom. The number of rotatable bonds is 15. The van der Waals surface area contributed by atoms with Crippen LogP contribution in [0.15, 0.2) is 128 Å². The summed E-state index contributed by atoms with van der Waals surface area (Å²) in [6.07, 6.45) is 5.28. The van der Waals surface area contributed by atoms with Gasteiger partial charge in [-0.3, -0.25) is 14.6 Å². The molecule has 0 fully saturated rings. The zero-order valence-electron chi connectivity index (χ0n) is 25.2. The fourth-order valence-corrected chi connectivity index (χ4v) is 4.97. The van der Waals surface area contributed by atoms with Gasteiger partial charge in [-0.25, -0.2) is 9.78 Å². The Bertz CT molecular complexity index is 1730. The van der Waals surface area contributed by atoms with Crippen LogP contribution < -0.4 is 10.1 Å². The van der Waals surface area contributed by atoms with Gasteiger partial charge in [0.2, 0.25) is 0 Å². The van der Waals surface area contributed by atoms with E-state index in [1.54, 1.807) is 65.6 Å². The molecule has 0 saturated carbocycles. The topological polar surface area (TPSA) is 122 Å². The van der Waals surface area contributed by atoms with Gasteiger partial charge in [0.25, 0.3) is 5.91 Å². The van der Waals surface area contributed by atoms with E-state index in [1.165, 1.54) is 18.6 Å². The summed E-state index contributed by atoms with van der Waals surface area (Å²) in [6.45, 7) is 1.28. The molecular formula is C37H34N4O5. The monoisotopic (exact) mass is 614 g/mol. The second-order valence-electron chi connectivity index (χ2n) is 10.6. The van der Waals surface area contributed by atoms with Crippen LogP contribution in [-0.4, -0.2) is 56.8 Å². The van der Waals surface area contributed by atoms with E-state index >= 15 is 0 Å². The standard InChI is InChI=1S/C37H34N4O5/c42-35(29-12-5-2-6-13-29)31-14-7-8-15-32(31)40-33(37(44)45)24-27-16-18-30(19-17-27)46-23-9-22-41(26-28-10-3-1-4-11-28)36(43)34-25-38-20-21-39-34/h1-8,10-21,25,33,40H,9,22-24,26H2,(H,44,45). The number of benzene rings is 4. The molecule has 0 radical (unpaired) electrons. The molecule has 0 aliphatic rings. The van der Waals surface area contributed by atoms with Gasteiger partial charge in [0.05, 0.1) is 12.8 Å². The molecule has 1 aromatic heterocycles. The number of aromatic nitrogens is 2. The minimum absolute atomic E-state index is 0.185. The molecule has 9 nitrogen and oxygen atoms in total. The van der Waals surface area contributed by atoms with Crippen molar-refractivity contribution in [2.45, 2.75) is 25.4 Å². The molecule has 1 amide bonds. The first-order valence-corrected chi connectivity index (χ1v) is 15.0. The van der Waals surface area contributed by atoms with Crippen molar-refractivity contribution in [1.29, 1.82) is 0 Å². The maximum atomic E-state index is 13.1. The molecule has 0 bridgehead atoms. The number of carbonyl (C=O) groups excluding carboxylic acids is 2. The molecule has 5 rings (SSSR count). The molecule has 232 valence electrons. The Hall–Kier alpha value is -5.83. The molecule has 1 heterocycles. The van der Waals surface area contributed by atoms with Crippen molar-refractivity contribution in [1.82, 2.24) is 14.9 Å². The van der Waals surface area contributed by atoms with E-state index in [0.29, 0.717) is 48.7 Å². The molecule has 46 heavy (non-hydrogen) atoms. The zero-order valence-corrected chi connectivity index (χ0v) is 25.2. The first kappa shape index (κ1) is 31.6. The van der Waals surface area contributed by atoms with Crippen LogP contribution in [0.1, 0.15) is 44.0 Å². The molecular weight excluding hydrogens is 580 g/mol. The van der Waals surface area contributed by atoms with E-state index in [1.807, 2.05) is 48.5 Å². The number of carboxylic acids is 1. The minimum atomic E-state index is -1.03. The average Bonchev–Trinajstić information content (AvgIpc) is 3.10. The fraction of sp³-hybridized carbons (Fsp3) is 0.162. The molecule has 1 atom stereocenters. The maximum absolute atomic E-state index is 13.1. The van der Waals surface area contributed by atoms with E-state index in [4.69, 9.17) is 4.74 Å². The molecule has 0 aliphatic heterocycles. The summed E-state index contributed by atoms with van der Waals surface area (Å²) in [7, 11) is 0. The Morgan fingerprint density at radius 3 is 2.20 bits per heavy atom. The molecule has 0 saturated heterocycles. The third-order valence-electron chi connectivity index (χ3n) is 7.33. The largest absolute Gasteiger partial charge is 0.494 e.